The highest BCUT2D eigenvalue weighted by Crippen LogP contribution is 2.28. The molecule has 0 bridgehead atoms. The number of rotatable bonds is 4. The summed E-state index contributed by atoms with van der Waals surface area (Å²) in [6.45, 7) is 6.44. The Morgan fingerprint density at radius 3 is 2.38 bits per heavy atom. The van der Waals surface area contributed by atoms with Crippen LogP contribution in [0, 0.1) is 0 Å². The van der Waals surface area contributed by atoms with Crippen molar-refractivity contribution in [3.63, 3.8) is 0 Å². The predicted octanol–water partition coefficient (Wildman–Crippen LogP) is 1.07. The Morgan fingerprint density at radius 1 is 0.938 bits per heavy atom. The lowest BCUT2D eigenvalue weighted by molar-refractivity contribution is 0.0115. The van der Waals surface area contributed by atoms with Crippen LogP contribution in [0.25, 0.3) is 11.3 Å². The highest BCUT2D eigenvalue weighted by molar-refractivity contribution is 7.91. The molecule has 0 aliphatic carbocycles. The Bertz CT molecular complexity index is 1010. The van der Waals surface area contributed by atoms with E-state index in [2.05, 4.69) is 14.8 Å². The third-order valence-electron chi connectivity index (χ3n) is 6.64. The van der Waals surface area contributed by atoms with Gasteiger partial charge in [0.1, 0.15) is 5.82 Å². The van der Waals surface area contributed by atoms with E-state index in [4.69, 9.17) is 14.7 Å². The first-order valence-electron chi connectivity index (χ1n) is 11.4. The fourth-order valence-corrected chi connectivity index (χ4v) is 5.90. The summed E-state index contributed by atoms with van der Waals surface area (Å²) in [7, 11) is -2.96. The zero-order valence-electron chi connectivity index (χ0n) is 18.3. The van der Waals surface area contributed by atoms with Crippen molar-refractivity contribution in [3.05, 3.63) is 30.6 Å². The molecule has 0 atom stereocenters. The minimum atomic E-state index is -2.96. The quantitative estimate of drug-likeness (QED) is 0.667. The van der Waals surface area contributed by atoms with Gasteiger partial charge in [-0.05, 0) is 25.0 Å². The Morgan fingerprint density at radius 2 is 1.69 bits per heavy atom. The highest BCUT2D eigenvalue weighted by Gasteiger charge is 2.28. The molecule has 0 amide bonds. The molecule has 10 heteroatoms. The zero-order valence-corrected chi connectivity index (χ0v) is 19.1. The van der Waals surface area contributed by atoms with Crippen molar-refractivity contribution in [1.82, 2.24) is 19.9 Å². The molecular weight excluding hydrogens is 428 g/mol. The summed E-state index contributed by atoms with van der Waals surface area (Å²) in [6, 6.07) is 6.53. The normalized spacial score (nSPS) is 22.8. The van der Waals surface area contributed by atoms with E-state index >= 15 is 0 Å². The molecular formula is C22H30N6O3S. The summed E-state index contributed by atoms with van der Waals surface area (Å²) in [5, 5.41) is 0. The smallest absolute Gasteiger partial charge is 0.227 e. The van der Waals surface area contributed by atoms with Gasteiger partial charge in [0.2, 0.25) is 5.95 Å². The summed E-state index contributed by atoms with van der Waals surface area (Å²) >= 11 is 0. The van der Waals surface area contributed by atoms with Gasteiger partial charge in [-0.1, -0.05) is 0 Å². The number of hydrogen-bond acceptors (Lipinski definition) is 9. The fraction of sp³-hybridized carbons (Fsp3) is 0.591. The molecule has 2 aromatic heterocycles. The number of aromatic nitrogens is 3. The van der Waals surface area contributed by atoms with Gasteiger partial charge in [-0.3, -0.25) is 9.88 Å². The second kappa shape index (κ2) is 9.29. The number of sulfone groups is 1. The number of piperidine rings is 1. The predicted molar refractivity (Wildman–Crippen MR) is 124 cm³/mol. The Kier molecular flexibility index (Phi) is 6.25. The molecule has 3 aliphatic heterocycles. The lowest BCUT2D eigenvalue weighted by Gasteiger charge is -2.40. The molecule has 0 aromatic carbocycles. The highest BCUT2D eigenvalue weighted by atomic mass is 32.2. The lowest BCUT2D eigenvalue weighted by Crippen LogP contribution is -2.49. The molecule has 0 N–H and O–H groups in total. The lowest BCUT2D eigenvalue weighted by atomic mass is 10.0. The second-order valence-corrected chi connectivity index (χ2v) is 11.0. The molecule has 172 valence electrons. The Labute approximate surface area is 189 Å². The van der Waals surface area contributed by atoms with E-state index in [9.17, 15) is 8.42 Å². The molecule has 5 heterocycles. The molecule has 9 nitrogen and oxygen atoms in total. The average Bonchev–Trinajstić information content (AvgIpc) is 2.85. The molecule has 5 rings (SSSR count). The first kappa shape index (κ1) is 21.5. The maximum Gasteiger partial charge on any atom is 0.227 e. The van der Waals surface area contributed by atoms with E-state index in [1.54, 1.807) is 12.4 Å². The molecule has 32 heavy (non-hydrogen) atoms. The third-order valence-corrected chi connectivity index (χ3v) is 8.25. The van der Waals surface area contributed by atoms with E-state index in [0.717, 1.165) is 69.3 Å². The number of hydrogen-bond donors (Lipinski definition) is 0. The van der Waals surface area contributed by atoms with Crippen LogP contribution in [-0.4, -0.2) is 98.3 Å². The van der Waals surface area contributed by atoms with Crippen molar-refractivity contribution in [1.29, 1.82) is 0 Å². The SMILES string of the molecule is O=S1(=O)CCN(c2nc(-c3cccnc3)cc(N3CCC(N4CCOCC4)CC3)n2)CC1. The van der Waals surface area contributed by atoms with Crippen molar-refractivity contribution in [2.75, 3.05) is 73.8 Å². The first-order valence-corrected chi connectivity index (χ1v) is 13.2. The van der Waals surface area contributed by atoms with Crippen molar-refractivity contribution in [2.24, 2.45) is 0 Å². The van der Waals surface area contributed by atoms with Crippen LogP contribution >= 0.6 is 0 Å². The van der Waals surface area contributed by atoms with Gasteiger partial charge in [0.05, 0.1) is 30.4 Å². The van der Waals surface area contributed by atoms with Crippen LogP contribution in [0.1, 0.15) is 12.8 Å². The van der Waals surface area contributed by atoms with Crippen LogP contribution in [0.15, 0.2) is 30.6 Å². The summed E-state index contributed by atoms with van der Waals surface area (Å²) < 4.78 is 29.3. The van der Waals surface area contributed by atoms with Crippen molar-refractivity contribution >= 4 is 21.6 Å². The van der Waals surface area contributed by atoms with Gasteiger partial charge in [0, 0.05) is 69.3 Å². The van der Waals surface area contributed by atoms with Crippen LogP contribution < -0.4 is 9.80 Å². The molecule has 0 unspecified atom stereocenters. The topological polar surface area (TPSA) is 91.8 Å². The molecule has 0 spiro atoms. The van der Waals surface area contributed by atoms with E-state index in [1.807, 2.05) is 23.1 Å². The molecule has 0 saturated carbocycles. The Balaban J connectivity index is 1.38. The van der Waals surface area contributed by atoms with Crippen LogP contribution in [0.3, 0.4) is 0 Å². The molecule has 0 radical (unpaired) electrons. The minimum absolute atomic E-state index is 0.147. The van der Waals surface area contributed by atoms with Crippen LogP contribution in [0.5, 0.6) is 0 Å². The van der Waals surface area contributed by atoms with Crippen molar-refractivity contribution in [2.45, 2.75) is 18.9 Å². The summed E-state index contributed by atoms with van der Waals surface area (Å²) in [5.41, 5.74) is 1.76. The van der Waals surface area contributed by atoms with Gasteiger partial charge >= 0.3 is 0 Å². The van der Waals surface area contributed by atoms with Crippen molar-refractivity contribution in [3.8, 4) is 11.3 Å². The fourth-order valence-electron chi connectivity index (χ4n) is 4.70. The molecule has 3 fully saturated rings. The average molecular weight is 459 g/mol. The number of morpholine rings is 1. The zero-order chi connectivity index (χ0) is 22.0. The van der Waals surface area contributed by atoms with Gasteiger partial charge in [-0.15, -0.1) is 0 Å². The van der Waals surface area contributed by atoms with Gasteiger partial charge in [-0.25, -0.2) is 13.4 Å². The van der Waals surface area contributed by atoms with Gasteiger partial charge in [0.25, 0.3) is 0 Å². The summed E-state index contributed by atoms with van der Waals surface area (Å²) in [6.07, 6.45) is 5.76. The number of pyridine rings is 1. The standard InChI is InChI=1S/C22H30N6O3S/c29-32(30)14-10-28(11-15-32)22-24-20(18-2-1-5-23-17-18)16-21(25-22)27-6-3-19(4-7-27)26-8-12-31-13-9-26/h1-2,5,16-17,19H,3-4,6-15H2. The van der Waals surface area contributed by atoms with Crippen LogP contribution in [0.4, 0.5) is 11.8 Å². The summed E-state index contributed by atoms with van der Waals surface area (Å²) in [5.74, 6) is 1.80. The number of anilines is 2. The van der Waals surface area contributed by atoms with Crippen LogP contribution in [0.2, 0.25) is 0 Å². The largest absolute Gasteiger partial charge is 0.379 e. The Hall–Kier alpha value is -2.30. The van der Waals surface area contributed by atoms with Gasteiger partial charge in [-0.2, -0.15) is 4.98 Å². The van der Waals surface area contributed by atoms with Crippen molar-refractivity contribution < 1.29 is 13.2 Å². The maximum atomic E-state index is 11.9. The molecule has 3 saturated heterocycles. The number of ether oxygens (including phenoxy) is 1. The summed E-state index contributed by atoms with van der Waals surface area (Å²) in [4.78, 5) is 20.8. The minimum Gasteiger partial charge on any atom is -0.379 e. The van der Waals surface area contributed by atoms with E-state index in [1.165, 1.54) is 0 Å². The maximum absolute atomic E-state index is 11.9. The van der Waals surface area contributed by atoms with Crippen LogP contribution in [-0.2, 0) is 14.6 Å². The third kappa shape index (κ3) is 4.87. The molecule has 2 aromatic rings. The first-order chi connectivity index (χ1) is 15.6. The van der Waals surface area contributed by atoms with E-state index in [0.29, 0.717) is 25.1 Å². The van der Waals surface area contributed by atoms with Gasteiger partial charge < -0.3 is 14.5 Å². The van der Waals surface area contributed by atoms with E-state index < -0.39 is 9.84 Å². The van der Waals surface area contributed by atoms with Gasteiger partial charge in [0.15, 0.2) is 9.84 Å². The number of nitrogens with zero attached hydrogens (tertiary/aromatic N) is 6. The molecule has 3 aliphatic rings. The van der Waals surface area contributed by atoms with E-state index in [-0.39, 0.29) is 11.5 Å². The monoisotopic (exact) mass is 458 g/mol. The second-order valence-electron chi connectivity index (χ2n) is 8.66.